The maximum Gasteiger partial charge on any atom is 0.248 e. The summed E-state index contributed by atoms with van der Waals surface area (Å²) in [5, 5.41) is 2.66. The summed E-state index contributed by atoms with van der Waals surface area (Å²) in [7, 11) is 0.875. The van der Waals surface area contributed by atoms with Gasteiger partial charge in [-0.25, -0.2) is 13.1 Å². The highest BCUT2D eigenvalue weighted by Crippen LogP contribution is 2.29. The standard InChI is InChI=1S/C21H24N2O6S/c1-27-16-10-14(11-17(12-16)28-2)4-9-21(24)22-19-13-18(7-8-20(19)29-3)30(25,26)23-15-5-6-15/h4,7-13,15,23H,5-6H2,1-3H3,(H,22,24)/b9-4+. The van der Waals surface area contributed by atoms with Crippen LogP contribution in [-0.2, 0) is 14.8 Å². The first-order valence-corrected chi connectivity index (χ1v) is 10.8. The average molecular weight is 432 g/mol. The highest BCUT2D eigenvalue weighted by atomic mass is 32.2. The normalized spacial score (nSPS) is 13.8. The fourth-order valence-corrected chi connectivity index (χ4v) is 4.04. The third-order valence-electron chi connectivity index (χ3n) is 4.44. The van der Waals surface area contributed by atoms with E-state index in [-0.39, 0.29) is 16.6 Å². The van der Waals surface area contributed by atoms with Gasteiger partial charge in [-0.15, -0.1) is 0 Å². The first-order chi connectivity index (χ1) is 14.3. The van der Waals surface area contributed by atoms with Gasteiger partial charge in [-0.1, -0.05) is 0 Å². The Kier molecular flexibility index (Phi) is 6.63. The van der Waals surface area contributed by atoms with Crippen molar-refractivity contribution in [1.29, 1.82) is 0 Å². The van der Waals surface area contributed by atoms with E-state index in [1.165, 1.54) is 31.4 Å². The van der Waals surface area contributed by atoms with Crippen LogP contribution in [-0.4, -0.2) is 41.7 Å². The van der Waals surface area contributed by atoms with E-state index >= 15 is 0 Å². The number of methoxy groups -OCH3 is 3. The number of rotatable bonds is 9. The molecule has 1 amide bonds. The largest absolute Gasteiger partial charge is 0.497 e. The Hall–Kier alpha value is -3.04. The van der Waals surface area contributed by atoms with Crippen molar-refractivity contribution in [3.05, 3.63) is 48.0 Å². The summed E-state index contributed by atoms with van der Waals surface area (Å²) < 4.78 is 43.2. The predicted molar refractivity (Wildman–Crippen MR) is 114 cm³/mol. The first kappa shape index (κ1) is 21.7. The Labute approximate surface area is 175 Å². The molecule has 1 aliphatic rings. The second kappa shape index (κ2) is 9.19. The molecule has 9 heteroatoms. The molecule has 0 spiro atoms. The lowest BCUT2D eigenvalue weighted by atomic mass is 10.2. The molecule has 0 atom stereocenters. The van der Waals surface area contributed by atoms with Gasteiger partial charge in [-0.2, -0.15) is 0 Å². The summed E-state index contributed by atoms with van der Waals surface area (Å²) in [5.41, 5.74) is 0.965. The maximum atomic E-state index is 12.4. The maximum absolute atomic E-state index is 12.4. The minimum Gasteiger partial charge on any atom is -0.497 e. The molecule has 0 saturated heterocycles. The number of carbonyl (C=O) groups excluding carboxylic acids is 1. The van der Waals surface area contributed by atoms with Crippen LogP contribution >= 0.6 is 0 Å². The number of nitrogens with one attached hydrogen (secondary N) is 2. The first-order valence-electron chi connectivity index (χ1n) is 9.27. The third-order valence-corrected chi connectivity index (χ3v) is 5.96. The van der Waals surface area contributed by atoms with Gasteiger partial charge in [-0.3, -0.25) is 4.79 Å². The van der Waals surface area contributed by atoms with E-state index < -0.39 is 15.9 Å². The molecule has 8 nitrogen and oxygen atoms in total. The lowest BCUT2D eigenvalue weighted by Crippen LogP contribution is -2.25. The topological polar surface area (TPSA) is 103 Å². The summed E-state index contributed by atoms with van der Waals surface area (Å²) >= 11 is 0. The van der Waals surface area contributed by atoms with E-state index in [0.29, 0.717) is 22.8 Å². The van der Waals surface area contributed by atoms with Gasteiger partial charge >= 0.3 is 0 Å². The van der Waals surface area contributed by atoms with Crippen molar-refractivity contribution in [3.8, 4) is 17.2 Å². The van der Waals surface area contributed by atoms with Crippen LogP contribution in [0.3, 0.4) is 0 Å². The molecule has 2 aromatic rings. The van der Waals surface area contributed by atoms with Crippen LogP contribution in [0.4, 0.5) is 5.69 Å². The smallest absolute Gasteiger partial charge is 0.248 e. The molecule has 1 saturated carbocycles. The Morgan fingerprint density at radius 3 is 2.23 bits per heavy atom. The van der Waals surface area contributed by atoms with Crippen LogP contribution in [0.2, 0.25) is 0 Å². The number of carbonyl (C=O) groups is 1. The van der Waals surface area contributed by atoms with Crippen molar-refractivity contribution in [2.75, 3.05) is 26.6 Å². The van der Waals surface area contributed by atoms with Crippen molar-refractivity contribution < 1.29 is 27.4 Å². The zero-order valence-corrected chi connectivity index (χ0v) is 17.8. The Bertz CT molecular complexity index is 1040. The Morgan fingerprint density at radius 2 is 1.67 bits per heavy atom. The van der Waals surface area contributed by atoms with Gasteiger partial charge in [0.15, 0.2) is 0 Å². The molecule has 160 valence electrons. The third kappa shape index (κ3) is 5.52. The van der Waals surface area contributed by atoms with E-state index in [9.17, 15) is 13.2 Å². The molecule has 3 rings (SSSR count). The number of benzene rings is 2. The van der Waals surface area contributed by atoms with Gasteiger partial charge in [0.25, 0.3) is 0 Å². The number of amides is 1. The van der Waals surface area contributed by atoms with Gasteiger partial charge < -0.3 is 19.5 Å². The summed E-state index contributed by atoms with van der Waals surface area (Å²) in [6, 6.07) is 9.55. The number of anilines is 1. The van der Waals surface area contributed by atoms with Crippen molar-refractivity contribution in [1.82, 2.24) is 4.72 Å². The molecule has 0 aliphatic heterocycles. The molecule has 2 aromatic carbocycles. The molecule has 0 aromatic heterocycles. The van der Waals surface area contributed by atoms with Crippen LogP contribution in [0.25, 0.3) is 6.08 Å². The summed E-state index contributed by atoms with van der Waals surface area (Å²) in [5.74, 6) is 1.10. The lowest BCUT2D eigenvalue weighted by Gasteiger charge is -2.12. The van der Waals surface area contributed by atoms with Crippen molar-refractivity contribution >= 4 is 27.7 Å². The van der Waals surface area contributed by atoms with Crippen molar-refractivity contribution in [2.24, 2.45) is 0 Å². The predicted octanol–water partition coefficient (Wildman–Crippen LogP) is 2.81. The second-order valence-electron chi connectivity index (χ2n) is 6.73. The van der Waals surface area contributed by atoms with Crippen molar-refractivity contribution in [2.45, 2.75) is 23.8 Å². The summed E-state index contributed by atoms with van der Waals surface area (Å²) in [6.07, 6.45) is 4.59. The van der Waals surface area contributed by atoms with E-state index in [2.05, 4.69) is 10.0 Å². The van der Waals surface area contributed by atoms with E-state index in [1.807, 2.05) is 0 Å². The van der Waals surface area contributed by atoms with Crippen LogP contribution in [0.5, 0.6) is 17.2 Å². The monoisotopic (exact) mass is 432 g/mol. The summed E-state index contributed by atoms with van der Waals surface area (Å²) in [6.45, 7) is 0. The molecule has 0 heterocycles. The van der Waals surface area contributed by atoms with Gasteiger partial charge in [0.05, 0.1) is 31.9 Å². The fourth-order valence-electron chi connectivity index (χ4n) is 2.71. The quantitative estimate of drug-likeness (QED) is 0.591. The zero-order chi connectivity index (χ0) is 21.7. The SMILES string of the molecule is COc1cc(/C=C/C(=O)Nc2cc(S(=O)(=O)NC3CC3)ccc2OC)cc(OC)c1. The van der Waals surface area contributed by atoms with Gasteiger partial charge in [0.2, 0.25) is 15.9 Å². The minimum absolute atomic E-state index is 0.0158. The highest BCUT2D eigenvalue weighted by Gasteiger charge is 2.28. The van der Waals surface area contributed by atoms with E-state index in [4.69, 9.17) is 14.2 Å². The summed E-state index contributed by atoms with van der Waals surface area (Å²) in [4.78, 5) is 12.5. The molecule has 1 aliphatic carbocycles. The number of hydrogen-bond acceptors (Lipinski definition) is 6. The average Bonchev–Trinajstić information content (AvgIpc) is 3.55. The van der Waals surface area contributed by atoms with Gasteiger partial charge in [0.1, 0.15) is 17.2 Å². The van der Waals surface area contributed by atoms with Crippen LogP contribution in [0.1, 0.15) is 18.4 Å². The Morgan fingerprint density at radius 1 is 1.00 bits per heavy atom. The van der Waals surface area contributed by atoms with E-state index in [1.54, 1.807) is 38.5 Å². The number of ether oxygens (including phenoxy) is 3. The molecular weight excluding hydrogens is 408 g/mol. The van der Waals surface area contributed by atoms with Crippen molar-refractivity contribution in [3.63, 3.8) is 0 Å². The van der Waals surface area contributed by atoms with Gasteiger partial charge in [-0.05, 0) is 54.8 Å². The molecule has 0 unspecified atom stereocenters. The van der Waals surface area contributed by atoms with Crippen LogP contribution in [0, 0.1) is 0 Å². The lowest BCUT2D eigenvalue weighted by molar-refractivity contribution is -0.111. The molecule has 0 bridgehead atoms. The highest BCUT2D eigenvalue weighted by molar-refractivity contribution is 7.89. The molecule has 2 N–H and O–H groups in total. The second-order valence-corrected chi connectivity index (χ2v) is 8.44. The molecule has 0 radical (unpaired) electrons. The zero-order valence-electron chi connectivity index (χ0n) is 17.0. The Balaban J connectivity index is 1.78. The minimum atomic E-state index is -3.65. The molecule has 1 fully saturated rings. The fraction of sp³-hybridized carbons (Fsp3) is 0.286. The van der Waals surface area contributed by atoms with E-state index in [0.717, 1.165) is 12.8 Å². The van der Waals surface area contributed by atoms with Crippen LogP contribution in [0.15, 0.2) is 47.4 Å². The number of hydrogen-bond donors (Lipinski definition) is 2. The van der Waals surface area contributed by atoms with Gasteiger partial charge in [0, 0.05) is 18.2 Å². The number of sulfonamides is 1. The molecular formula is C21H24N2O6S. The van der Waals surface area contributed by atoms with Crippen LogP contribution < -0.4 is 24.2 Å². The molecule has 30 heavy (non-hydrogen) atoms.